The molecule has 0 radical (unpaired) electrons. The molecule has 0 bridgehead atoms. The van der Waals surface area contributed by atoms with Crippen LogP contribution >= 0.6 is 0 Å². The summed E-state index contributed by atoms with van der Waals surface area (Å²) in [6.07, 6.45) is 2.08. The maximum atomic E-state index is 5.61. The standard InChI is InChI=1S/C19H15N3O2/c1-12-20-15-11-13(7-8-16(15)23-12)17-21-18(24-22-17)19(9-10-19)14-5-3-2-4-6-14/h2-8,11H,9-10H2,1H3. The lowest BCUT2D eigenvalue weighted by Crippen LogP contribution is -2.08. The van der Waals surface area contributed by atoms with E-state index in [-0.39, 0.29) is 5.41 Å². The molecule has 5 nitrogen and oxygen atoms in total. The summed E-state index contributed by atoms with van der Waals surface area (Å²) >= 11 is 0. The second-order valence-electron chi connectivity index (χ2n) is 6.29. The van der Waals surface area contributed by atoms with E-state index in [4.69, 9.17) is 8.94 Å². The number of aromatic nitrogens is 3. The highest BCUT2D eigenvalue weighted by atomic mass is 16.5. The van der Waals surface area contributed by atoms with Gasteiger partial charge in [0, 0.05) is 12.5 Å². The van der Waals surface area contributed by atoms with Crippen molar-refractivity contribution in [1.29, 1.82) is 0 Å². The molecule has 0 amide bonds. The lowest BCUT2D eigenvalue weighted by Gasteiger charge is -2.09. The van der Waals surface area contributed by atoms with Gasteiger partial charge in [0.2, 0.25) is 11.7 Å². The van der Waals surface area contributed by atoms with Gasteiger partial charge in [-0.15, -0.1) is 0 Å². The fourth-order valence-electron chi connectivity index (χ4n) is 3.23. The molecule has 0 aliphatic heterocycles. The molecule has 2 heterocycles. The van der Waals surface area contributed by atoms with Crippen molar-refractivity contribution in [2.75, 3.05) is 0 Å². The number of rotatable bonds is 3. The molecular weight excluding hydrogens is 302 g/mol. The van der Waals surface area contributed by atoms with Crippen molar-refractivity contribution in [3.63, 3.8) is 0 Å². The quantitative estimate of drug-likeness (QED) is 0.564. The monoisotopic (exact) mass is 317 g/mol. The van der Waals surface area contributed by atoms with Crippen molar-refractivity contribution < 1.29 is 8.94 Å². The Kier molecular flexibility index (Phi) is 2.68. The van der Waals surface area contributed by atoms with Crippen molar-refractivity contribution in [2.45, 2.75) is 25.2 Å². The lowest BCUT2D eigenvalue weighted by molar-refractivity contribution is 0.360. The van der Waals surface area contributed by atoms with Gasteiger partial charge in [-0.25, -0.2) is 4.98 Å². The molecule has 0 spiro atoms. The highest BCUT2D eigenvalue weighted by Gasteiger charge is 2.50. The third-order valence-electron chi connectivity index (χ3n) is 4.66. The van der Waals surface area contributed by atoms with Crippen molar-refractivity contribution >= 4 is 11.1 Å². The van der Waals surface area contributed by atoms with Crippen LogP contribution in [-0.2, 0) is 5.41 Å². The van der Waals surface area contributed by atoms with Crippen LogP contribution in [0.5, 0.6) is 0 Å². The highest BCUT2D eigenvalue weighted by molar-refractivity contribution is 5.78. The Morgan fingerprint density at radius 1 is 1.00 bits per heavy atom. The number of fused-ring (bicyclic) bond motifs is 1. The van der Waals surface area contributed by atoms with Gasteiger partial charge in [-0.2, -0.15) is 4.98 Å². The summed E-state index contributed by atoms with van der Waals surface area (Å²) in [5.74, 6) is 1.94. The Hall–Kier alpha value is -2.95. The van der Waals surface area contributed by atoms with Crippen molar-refractivity contribution in [1.82, 2.24) is 15.1 Å². The second-order valence-corrected chi connectivity index (χ2v) is 6.29. The molecule has 1 saturated carbocycles. The number of aryl methyl sites for hydroxylation is 1. The molecule has 1 aliphatic rings. The molecule has 4 aromatic rings. The first kappa shape index (κ1) is 13.5. The zero-order chi connectivity index (χ0) is 16.1. The molecule has 5 heteroatoms. The Morgan fingerprint density at radius 3 is 2.62 bits per heavy atom. The average Bonchev–Trinajstić information content (AvgIpc) is 3.10. The molecular formula is C19H15N3O2. The van der Waals surface area contributed by atoms with Gasteiger partial charge in [-0.3, -0.25) is 0 Å². The Bertz CT molecular complexity index is 1030. The Morgan fingerprint density at radius 2 is 1.83 bits per heavy atom. The summed E-state index contributed by atoms with van der Waals surface area (Å²) in [6, 6.07) is 16.1. The maximum Gasteiger partial charge on any atom is 0.237 e. The molecule has 2 aromatic carbocycles. The van der Waals surface area contributed by atoms with Crippen LogP contribution in [-0.4, -0.2) is 15.1 Å². The molecule has 1 fully saturated rings. The second kappa shape index (κ2) is 4.77. The first-order chi connectivity index (χ1) is 11.7. The Balaban J connectivity index is 1.55. The number of hydrogen-bond acceptors (Lipinski definition) is 5. The van der Waals surface area contributed by atoms with Gasteiger partial charge in [0.1, 0.15) is 5.52 Å². The normalized spacial score (nSPS) is 15.7. The van der Waals surface area contributed by atoms with Crippen LogP contribution in [0.2, 0.25) is 0 Å². The van der Waals surface area contributed by atoms with E-state index in [0.29, 0.717) is 17.6 Å². The first-order valence-corrected chi connectivity index (χ1v) is 8.02. The summed E-state index contributed by atoms with van der Waals surface area (Å²) in [7, 11) is 0. The van der Waals surface area contributed by atoms with Gasteiger partial charge in [0.15, 0.2) is 11.5 Å². The fraction of sp³-hybridized carbons (Fsp3) is 0.211. The number of nitrogens with zero attached hydrogens (tertiary/aromatic N) is 3. The van der Waals surface area contributed by atoms with E-state index < -0.39 is 0 Å². The molecule has 24 heavy (non-hydrogen) atoms. The van der Waals surface area contributed by atoms with Crippen molar-refractivity contribution in [3.8, 4) is 11.4 Å². The summed E-state index contributed by atoms with van der Waals surface area (Å²) in [5, 5.41) is 4.19. The molecule has 0 atom stereocenters. The molecule has 0 unspecified atom stereocenters. The number of benzene rings is 2. The minimum absolute atomic E-state index is 0.110. The van der Waals surface area contributed by atoms with Gasteiger partial charge >= 0.3 is 0 Å². The molecule has 5 rings (SSSR count). The van der Waals surface area contributed by atoms with Crippen LogP contribution in [0.1, 0.15) is 30.2 Å². The SMILES string of the molecule is Cc1nc2cc(-c3noc(C4(c5ccccc5)CC4)n3)ccc2o1. The Labute approximate surface area is 138 Å². The van der Waals surface area contributed by atoms with Crippen LogP contribution in [0.3, 0.4) is 0 Å². The van der Waals surface area contributed by atoms with E-state index in [2.05, 4.69) is 27.3 Å². The molecule has 1 aliphatic carbocycles. The average molecular weight is 317 g/mol. The van der Waals surface area contributed by atoms with E-state index >= 15 is 0 Å². The predicted octanol–water partition coefficient (Wildman–Crippen LogP) is 4.27. The van der Waals surface area contributed by atoms with E-state index in [1.807, 2.05) is 43.3 Å². The van der Waals surface area contributed by atoms with Gasteiger partial charge in [-0.1, -0.05) is 35.5 Å². The molecule has 0 N–H and O–H groups in total. The largest absolute Gasteiger partial charge is 0.441 e. The third-order valence-corrected chi connectivity index (χ3v) is 4.66. The number of oxazole rings is 1. The molecule has 0 saturated heterocycles. The van der Waals surface area contributed by atoms with Gasteiger partial charge in [0.05, 0.1) is 5.41 Å². The first-order valence-electron chi connectivity index (χ1n) is 8.02. The summed E-state index contributed by atoms with van der Waals surface area (Å²) in [4.78, 5) is 9.03. The topological polar surface area (TPSA) is 65.0 Å². The summed E-state index contributed by atoms with van der Waals surface area (Å²) in [6.45, 7) is 1.84. The predicted molar refractivity (Wildman–Crippen MR) is 88.5 cm³/mol. The maximum absolute atomic E-state index is 5.61. The highest BCUT2D eigenvalue weighted by Crippen LogP contribution is 2.52. The van der Waals surface area contributed by atoms with Crippen LogP contribution in [0.4, 0.5) is 0 Å². The fourth-order valence-corrected chi connectivity index (χ4v) is 3.23. The molecule has 2 aromatic heterocycles. The van der Waals surface area contributed by atoms with Crippen LogP contribution in [0, 0.1) is 6.92 Å². The third kappa shape index (κ3) is 1.98. The zero-order valence-electron chi connectivity index (χ0n) is 13.2. The lowest BCUT2D eigenvalue weighted by atomic mass is 9.96. The van der Waals surface area contributed by atoms with E-state index in [1.165, 1.54) is 5.56 Å². The van der Waals surface area contributed by atoms with Crippen molar-refractivity contribution in [2.24, 2.45) is 0 Å². The van der Waals surface area contributed by atoms with E-state index in [1.54, 1.807) is 0 Å². The van der Waals surface area contributed by atoms with Crippen molar-refractivity contribution in [3.05, 3.63) is 65.9 Å². The smallest absolute Gasteiger partial charge is 0.237 e. The number of hydrogen-bond donors (Lipinski definition) is 0. The summed E-state index contributed by atoms with van der Waals surface area (Å²) in [5.41, 5.74) is 3.59. The van der Waals surface area contributed by atoms with Gasteiger partial charge < -0.3 is 8.94 Å². The summed E-state index contributed by atoms with van der Waals surface area (Å²) < 4.78 is 11.1. The van der Waals surface area contributed by atoms with E-state index in [0.717, 1.165) is 29.5 Å². The zero-order valence-corrected chi connectivity index (χ0v) is 13.2. The minimum atomic E-state index is -0.110. The van der Waals surface area contributed by atoms with Crippen LogP contribution < -0.4 is 0 Å². The van der Waals surface area contributed by atoms with Crippen LogP contribution in [0.15, 0.2) is 57.5 Å². The van der Waals surface area contributed by atoms with Crippen LogP contribution in [0.25, 0.3) is 22.5 Å². The van der Waals surface area contributed by atoms with Gasteiger partial charge in [-0.05, 0) is 36.6 Å². The van der Waals surface area contributed by atoms with E-state index in [9.17, 15) is 0 Å². The van der Waals surface area contributed by atoms with Gasteiger partial charge in [0.25, 0.3) is 0 Å². The minimum Gasteiger partial charge on any atom is -0.441 e. The molecule has 118 valence electrons.